The third kappa shape index (κ3) is 1.98. The third-order valence-corrected chi connectivity index (χ3v) is 2.50. The second kappa shape index (κ2) is 4.22. The third-order valence-electron chi connectivity index (χ3n) is 2.50. The molecule has 5 nitrogen and oxygen atoms in total. The highest BCUT2D eigenvalue weighted by atomic mass is 16.2. The summed E-state index contributed by atoms with van der Waals surface area (Å²) in [7, 11) is 1.87. The highest BCUT2D eigenvalue weighted by molar-refractivity contribution is 6.07. The van der Waals surface area contributed by atoms with E-state index in [-0.39, 0.29) is 12.1 Å². The average molecular weight is 218 g/mol. The molecule has 0 bridgehead atoms. The lowest BCUT2D eigenvalue weighted by Gasteiger charge is -2.21. The van der Waals surface area contributed by atoms with Gasteiger partial charge in [0.05, 0.1) is 11.8 Å². The molecule has 1 unspecified atom stereocenters. The summed E-state index contributed by atoms with van der Waals surface area (Å²) in [5.74, 6) is 0. The van der Waals surface area contributed by atoms with Crippen molar-refractivity contribution < 1.29 is 4.79 Å². The zero-order valence-corrected chi connectivity index (χ0v) is 9.24. The van der Waals surface area contributed by atoms with Crippen LogP contribution in [0.25, 0.3) is 0 Å². The van der Waals surface area contributed by atoms with Gasteiger partial charge in [0.2, 0.25) is 0 Å². The molecular weight excluding hydrogens is 204 g/mol. The normalized spacial score (nSPS) is 19.5. The van der Waals surface area contributed by atoms with Gasteiger partial charge in [-0.05, 0) is 19.1 Å². The van der Waals surface area contributed by atoms with Crippen LogP contribution in [0, 0.1) is 0 Å². The van der Waals surface area contributed by atoms with Gasteiger partial charge in [-0.15, -0.1) is 0 Å². The van der Waals surface area contributed by atoms with Crippen molar-refractivity contribution in [1.82, 2.24) is 10.7 Å². The maximum absolute atomic E-state index is 11.0. The van der Waals surface area contributed by atoms with Crippen molar-refractivity contribution in [2.45, 2.75) is 13.0 Å². The molecule has 0 fully saturated rings. The first kappa shape index (κ1) is 10.5. The van der Waals surface area contributed by atoms with Gasteiger partial charge in [0.25, 0.3) is 0 Å². The van der Waals surface area contributed by atoms with E-state index in [2.05, 4.69) is 21.2 Å². The first-order valence-corrected chi connectivity index (χ1v) is 5.13. The molecule has 16 heavy (non-hydrogen) atoms. The number of urea groups is 1. The lowest BCUT2D eigenvalue weighted by molar-refractivity contribution is 0.239. The molecule has 0 aromatic heterocycles. The summed E-state index contributed by atoms with van der Waals surface area (Å²) in [5.41, 5.74) is 5.29. The number of carbonyl (C=O) groups excluding carboxylic acids is 1. The second-order valence-electron chi connectivity index (χ2n) is 3.63. The van der Waals surface area contributed by atoms with Crippen LogP contribution in [0.1, 0.15) is 12.5 Å². The molecule has 5 heteroatoms. The Labute approximate surface area is 93.9 Å². The standard InChI is InChI=1S/C11H14N4O/c1-7-10(14-15-11(16)13-7)8-3-5-9(12-2)6-4-8/h3-7,12H,1-2H3,(H2,13,15,16). The highest BCUT2D eigenvalue weighted by Gasteiger charge is 2.19. The topological polar surface area (TPSA) is 65.5 Å². The Morgan fingerprint density at radius 3 is 2.56 bits per heavy atom. The molecule has 2 rings (SSSR count). The quantitative estimate of drug-likeness (QED) is 0.696. The molecule has 1 aliphatic rings. The summed E-state index contributed by atoms with van der Waals surface area (Å²) in [6, 6.07) is 7.56. The van der Waals surface area contributed by atoms with Crippen molar-refractivity contribution in [2.24, 2.45) is 5.10 Å². The number of hydrogen-bond donors (Lipinski definition) is 3. The Balaban J connectivity index is 2.26. The largest absolute Gasteiger partial charge is 0.388 e. The van der Waals surface area contributed by atoms with Crippen LogP contribution in [-0.4, -0.2) is 24.8 Å². The van der Waals surface area contributed by atoms with Gasteiger partial charge in [-0.3, -0.25) is 0 Å². The number of amides is 2. The smallest absolute Gasteiger partial charge is 0.335 e. The Kier molecular flexibility index (Phi) is 2.76. The molecule has 1 heterocycles. The molecule has 0 saturated carbocycles. The summed E-state index contributed by atoms with van der Waals surface area (Å²) in [4.78, 5) is 11.0. The van der Waals surface area contributed by atoms with Gasteiger partial charge in [0.15, 0.2) is 0 Å². The minimum Gasteiger partial charge on any atom is -0.388 e. The molecule has 0 aliphatic carbocycles. The summed E-state index contributed by atoms with van der Waals surface area (Å²) < 4.78 is 0. The van der Waals surface area contributed by atoms with Gasteiger partial charge >= 0.3 is 6.03 Å². The lowest BCUT2D eigenvalue weighted by Crippen LogP contribution is -2.48. The van der Waals surface area contributed by atoms with E-state index < -0.39 is 0 Å². The zero-order valence-electron chi connectivity index (χ0n) is 9.24. The van der Waals surface area contributed by atoms with Gasteiger partial charge in [-0.1, -0.05) is 12.1 Å². The van der Waals surface area contributed by atoms with Gasteiger partial charge < -0.3 is 10.6 Å². The van der Waals surface area contributed by atoms with Crippen LogP contribution in [-0.2, 0) is 0 Å². The van der Waals surface area contributed by atoms with Gasteiger partial charge in [-0.2, -0.15) is 5.10 Å². The maximum Gasteiger partial charge on any atom is 0.335 e. The summed E-state index contributed by atoms with van der Waals surface area (Å²) >= 11 is 0. The number of rotatable bonds is 2. The van der Waals surface area contributed by atoms with Crippen molar-refractivity contribution >= 4 is 17.4 Å². The fourth-order valence-electron chi connectivity index (χ4n) is 1.63. The van der Waals surface area contributed by atoms with Crippen LogP contribution in [0.15, 0.2) is 29.4 Å². The van der Waals surface area contributed by atoms with Gasteiger partial charge in [0.1, 0.15) is 0 Å². The Bertz CT molecular complexity index is 424. The first-order chi connectivity index (χ1) is 7.70. The van der Waals surface area contributed by atoms with Crippen LogP contribution in [0.2, 0.25) is 0 Å². The van der Waals surface area contributed by atoms with Crippen molar-refractivity contribution in [3.63, 3.8) is 0 Å². The van der Waals surface area contributed by atoms with Gasteiger partial charge in [0, 0.05) is 18.3 Å². The second-order valence-corrected chi connectivity index (χ2v) is 3.63. The molecule has 0 saturated heterocycles. The van der Waals surface area contributed by atoms with E-state index in [4.69, 9.17) is 0 Å². The molecule has 1 atom stereocenters. The number of anilines is 1. The van der Waals surface area contributed by atoms with Crippen molar-refractivity contribution in [1.29, 1.82) is 0 Å². The lowest BCUT2D eigenvalue weighted by atomic mass is 10.0. The number of hydrogen-bond acceptors (Lipinski definition) is 3. The van der Waals surface area contributed by atoms with Crippen LogP contribution >= 0.6 is 0 Å². The molecule has 0 radical (unpaired) electrons. The monoisotopic (exact) mass is 218 g/mol. The van der Waals surface area contributed by atoms with Crippen molar-refractivity contribution in [3.05, 3.63) is 29.8 Å². The van der Waals surface area contributed by atoms with Crippen LogP contribution in [0.3, 0.4) is 0 Å². The van der Waals surface area contributed by atoms with E-state index in [1.165, 1.54) is 0 Å². The molecule has 3 N–H and O–H groups in total. The zero-order chi connectivity index (χ0) is 11.5. The fourth-order valence-corrected chi connectivity index (χ4v) is 1.63. The predicted octanol–water partition coefficient (Wildman–Crippen LogP) is 1.13. The molecular formula is C11H14N4O. The van der Waals surface area contributed by atoms with E-state index in [9.17, 15) is 4.79 Å². The van der Waals surface area contributed by atoms with Crippen molar-refractivity contribution in [3.8, 4) is 0 Å². The van der Waals surface area contributed by atoms with Crippen LogP contribution in [0.4, 0.5) is 10.5 Å². The summed E-state index contributed by atoms with van der Waals surface area (Å²) in [6.07, 6.45) is 0. The van der Waals surface area contributed by atoms with E-state index in [1.807, 2.05) is 38.2 Å². The van der Waals surface area contributed by atoms with Crippen LogP contribution < -0.4 is 16.1 Å². The maximum atomic E-state index is 11.0. The Morgan fingerprint density at radius 2 is 2.00 bits per heavy atom. The average Bonchev–Trinajstić information content (AvgIpc) is 2.29. The fraction of sp³-hybridized carbons (Fsp3) is 0.273. The van der Waals surface area contributed by atoms with E-state index in [1.54, 1.807) is 0 Å². The summed E-state index contributed by atoms with van der Waals surface area (Å²) in [6.45, 7) is 1.91. The van der Waals surface area contributed by atoms with E-state index >= 15 is 0 Å². The highest BCUT2D eigenvalue weighted by Crippen LogP contribution is 2.12. The molecule has 1 aromatic rings. The molecule has 1 aromatic carbocycles. The van der Waals surface area contributed by atoms with Crippen molar-refractivity contribution in [2.75, 3.05) is 12.4 Å². The van der Waals surface area contributed by atoms with E-state index in [0.717, 1.165) is 17.0 Å². The number of carbonyl (C=O) groups is 1. The Hall–Kier alpha value is -2.04. The number of benzene rings is 1. The van der Waals surface area contributed by atoms with Crippen LogP contribution in [0.5, 0.6) is 0 Å². The molecule has 1 aliphatic heterocycles. The number of nitrogens with zero attached hydrogens (tertiary/aromatic N) is 1. The minimum atomic E-state index is -0.261. The summed E-state index contributed by atoms with van der Waals surface area (Å²) in [5, 5.41) is 9.86. The predicted molar refractivity (Wildman–Crippen MR) is 63.7 cm³/mol. The molecule has 0 spiro atoms. The molecule has 2 amide bonds. The van der Waals surface area contributed by atoms with Gasteiger partial charge in [-0.25, -0.2) is 10.2 Å². The Morgan fingerprint density at radius 1 is 1.31 bits per heavy atom. The SMILES string of the molecule is CNc1ccc(C2=NNC(=O)NC2C)cc1. The number of hydrazone groups is 1. The number of nitrogens with one attached hydrogen (secondary N) is 3. The first-order valence-electron chi connectivity index (χ1n) is 5.13. The van der Waals surface area contributed by atoms with E-state index in [0.29, 0.717) is 0 Å². The molecule has 84 valence electrons. The minimum absolute atomic E-state index is 0.0748.